The minimum Gasteiger partial charge on any atom is -0.338 e. The highest BCUT2D eigenvalue weighted by Gasteiger charge is 2.14. The van der Waals surface area contributed by atoms with Crippen LogP contribution in [0, 0.1) is 13.8 Å². The van der Waals surface area contributed by atoms with E-state index in [0.717, 1.165) is 16.7 Å². The summed E-state index contributed by atoms with van der Waals surface area (Å²) in [4.78, 5) is 25.8. The number of nitrogens with one attached hydrogen (secondary N) is 1. The lowest BCUT2D eigenvalue weighted by Crippen LogP contribution is -2.31. The van der Waals surface area contributed by atoms with Gasteiger partial charge in [-0.25, -0.2) is 0 Å². The SMILES string of the molecule is CC(=O)N(CCC(=O)Nc1c(C)cc(C)cc1Cl)Cc1ccccc1. The molecule has 2 aromatic rings. The van der Waals surface area contributed by atoms with E-state index in [1.807, 2.05) is 56.3 Å². The fourth-order valence-corrected chi connectivity index (χ4v) is 3.03. The van der Waals surface area contributed by atoms with Gasteiger partial charge in [0.25, 0.3) is 0 Å². The number of amides is 2. The molecule has 2 rings (SSSR count). The second-order valence-electron chi connectivity index (χ2n) is 6.16. The number of rotatable bonds is 6. The number of carbonyl (C=O) groups excluding carboxylic acids is 2. The van der Waals surface area contributed by atoms with Gasteiger partial charge >= 0.3 is 0 Å². The van der Waals surface area contributed by atoms with Gasteiger partial charge in [-0.2, -0.15) is 0 Å². The molecule has 0 fully saturated rings. The molecule has 0 saturated carbocycles. The van der Waals surface area contributed by atoms with Crippen LogP contribution in [0.5, 0.6) is 0 Å². The third-order valence-corrected chi connectivity index (χ3v) is 4.26. The number of aryl methyl sites for hydroxylation is 2. The number of halogens is 1. The van der Waals surface area contributed by atoms with Gasteiger partial charge in [0, 0.05) is 26.4 Å². The molecule has 0 bridgehead atoms. The summed E-state index contributed by atoms with van der Waals surface area (Å²) < 4.78 is 0. The number of carbonyl (C=O) groups is 2. The second kappa shape index (κ2) is 8.67. The average Bonchev–Trinajstić information content (AvgIpc) is 2.55. The number of nitrogens with zero attached hydrogens (tertiary/aromatic N) is 1. The third-order valence-electron chi connectivity index (χ3n) is 3.97. The molecule has 2 aromatic carbocycles. The molecule has 0 aliphatic rings. The van der Waals surface area contributed by atoms with Crippen molar-refractivity contribution in [2.45, 2.75) is 33.7 Å². The van der Waals surface area contributed by atoms with E-state index >= 15 is 0 Å². The standard InChI is InChI=1S/C20H23ClN2O2/c1-14-11-15(2)20(18(21)12-14)22-19(25)9-10-23(16(3)24)13-17-7-5-4-6-8-17/h4-8,11-12H,9-10,13H2,1-3H3,(H,22,25). The monoisotopic (exact) mass is 358 g/mol. The number of hydrogen-bond donors (Lipinski definition) is 1. The van der Waals surface area contributed by atoms with E-state index in [1.54, 1.807) is 4.90 Å². The highest BCUT2D eigenvalue weighted by molar-refractivity contribution is 6.34. The van der Waals surface area contributed by atoms with Crippen LogP contribution in [0.1, 0.15) is 30.0 Å². The first-order valence-electron chi connectivity index (χ1n) is 8.23. The maximum Gasteiger partial charge on any atom is 0.226 e. The van der Waals surface area contributed by atoms with Crippen LogP contribution in [-0.4, -0.2) is 23.3 Å². The molecule has 2 amide bonds. The van der Waals surface area contributed by atoms with Crippen molar-refractivity contribution in [2.24, 2.45) is 0 Å². The third kappa shape index (κ3) is 5.61. The van der Waals surface area contributed by atoms with Crippen molar-refractivity contribution in [3.8, 4) is 0 Å². The van der Waals surface area contributed by atoms with Gasteiger partial charge in [0.05, 0.1) is 10.7 Å². The van der Waals surface area contributed by atoms with E-state index < -0.39 is 0 Å². The zero-order valence-electron chi connectivity index (χ0n) is 14.8. The fourth-order valence-electron chi connectivity index (χ4n) is 2.66. The van der Waals surface area contributed by atoms with Crippen LogP contribution < -0.4 is 5.32 Å². The zero-order chi connectivity index (χ0) is 18.4. The van der Waals surface area contributed by atoms with Crippen molar-refractivity contribution >= 4 is 29.1 Å². The van der Waals surface area contributed by atoms with Gasteiger partial charge in [-0.15, -0.1) is 0 Å². The Kier molecular flexibility index (Phi) is 6.59. The normalized spacial score (nSPS) is 10.4. The molecule has 132 valence electrons. The average molecular weight is 359 g/mol. The maximum atomic E-state index is 12.3. The van der Waals surface area contributed by atoms with Gasteiger partial charge in [0.2, 0.25) is 11.8 Å². The van der Waals surface area contributed by atoms with E-state index in [4.69, 9.17) is 11.6 Å². The van der Waals surface area contributed by atoms with Crippen LogP contribution >= 0.6 is 11.6 Å². The molecule has 0 aliphatic carbocycles. The van der Waals surface area contributed by atoms with Crippen LogP contribution in [0.15, 0.2) is 42.5 Å². The minimum absolute atomic E-state index is 0.0544. The topological polar surface area (TPSA) is 49.4 Å². The Morgan fingerprint density at radius 3 is 2.40 bits per heavy atom. The summed E-state index contributed by atoms with van der Waals surface area (Å²) >= 11 is 6.22. The van der Waals surface area contributed by atoms with E-state index in [-0.39, 0.29) is 18.2 Å². The Morgan fingerprint density at radius 2 is 1.80 bits per heavy atom. The quantitative estimate of drug-likeness (QED) is 0.835. The lowest BCUT2D eigenvalue weighted by molar-refractivity contribution is -0.129. The van der Waals surface area contributed by atoms with Gasteiger partial charge in [-0.1, -0.05) is 48.0 Å². The van der Waals surface area contributed by atoms with Crippen molar-refractivity contribution in [1.82, 2.24) is 4.90 Å². The van der Waals surface area contributed by atoms with E-state index in [0.29, 0.717) is 23.8 Å². The summed E-state index contributed by atoms with van der Waals surface area (Å²) in [5.74, 6) is -0.214. The lowest BCUT2D eigenvalue weighted by atomic mass is 10.1. The van der Waals surface area contributed by atoms with Crippen molar-refractivity contribution < 1.29 is 9.59 Å². The number of benzene rings is 2. The molecule has 0 spiro atoms. The van der Waals surface area contributed by atoms with Crippen LogP contribution in [-0.2, 0) is 16.1 Å². The lowest BCUT2D eigenvalue weighted by Gasteiger charge is -2.21. The molecule has 0 aliphatic heterocycles. The smallest absolute Gasteiger partial charge is 0.226 e. The zero-order valence-corrected chi connectivity index (χ0v) is 15.6. The molecular formula is C20H23ClN2O2. The van der Waals surface area contributed by atoms with Gasteiger partial charge in [0.1, 0.15) is 0 Å². The van der Waals surface area contributed by atoms with Gasteiger partial charge in [-0.3, -0.25) is 9.59 Å². The molecular weight excluding hydrogens is 336 g/mol. The minimum atomic E-state index is -0.159. The molecule has 0 unspecified atom stereocenters. The fraction of sp³-hybridized carbons (Fsp3) is 0.300. The predicted molar refractivity (Wildman–Crippen MR) is 102 cm³/mol. The van der Waals surface area contributed by atoms with Gasteiger partial charge in [-0.05, 0) is 36.6 Å². The van der Waals surface area contributed by atoms with Crippen molar-refractivity contribution in [2.75, 3.05) is 11.9 Å². The summed E-state index contributed by atoms with van der Waals surface area (Å²) in [6, 6.07) is 13.5. The second-order valence-corrected chi connectivity index (χ2v) is 6.57. The number of anilines is 1. The Balaban J connectivity index is 1.96. The Morgan fingerprint density at radius 1 is 1.12 bits per heavy atom. The Bertz CT molecular complexity index is 737. The molecule has 0 saturated heterocycles. The summed E-state index contributed by atoms with van der Waals surface area (Å²) in [6.45, 7) is 6.23. The first-order valence-corrected chi connectivity index (χ1v) is 8.60. The first kappa shape index (κ1) is 19.0. The van der Waals surface area contributed by atoms with Crippen LogP contribution in [0.3, 0.4) is 0 Å². The largest absolute Gasteiger partial charge is 0.338 e. The summed E-state index contributed by atoms with van der Waals surface area (Å²) in [5.41, 5.74) is 3.64. The molecule has 1 N–H and O–H groups in total. The molecule has 0 atom stereocenters. The van der Waals surface area contributed by atoms with Gasteiger partial charge in [0.15, 0.2) is 0 Å². The Labute approximate surface area is 153 Å². The molecule has 5 heteroatoms. The molecule has 0 radical (unpaired) electrons. The highest BCUT2D eigenvalue weighted by atomic mass is 35.5. The maximum absolute atomic E-state index is 12.3. The summed E-state index contributed by atoms with van der Waals surface area (Å²) in [5, 5.41) is 3.38. The van der Waals surface area contributed by atoms with Crippen molar-refractivity contribution in [3.63, 3.8) is 0 Å². The molecule has 4 nitrogen and oxygen atoms in total. The van der Waals surface area contributed by atoms with Crippen molar-refractivity contribution in [1.29, 1.82) is 0 Å². The molecule has 25 heavy (non-hydrogen) atoms. The van der Waals surface area contributed by atoms with E-state index in [9.17, 15) is 9.59 Å². The summed E-state index contributed by atoms with van der Waals surface area (Å²) in [7, 11) is 0. The Hall–Kier alpha value is -2.33. The molecule has 0 heterocycles. The highest BCUT2D eigenvalue weighted by Crippen LogP contribution is 2.27. The predicted octanol–water partition coefficient (Wildman–Crippen LogP) is 4.33. The van der Waals surface area contributed by atoms with Gasteiger partial charge < -0.3 is 10.2 Å². The molecule has 0 aromatic heterocycles. The van der Waals surface area contributed by atoms with Crippen LogP contribution in [0.4, 0.5) is 5.69 Å². The summed E-state index contributed by atoms with van der Waals surface area (Å²) in [6.07, 6.45) is 0.218. The van der Waals surface area contributed by atoms with E-state index in [1.165, 1.54) is 6.92 Å². The first-order chi connectivity index (χ1) is 11.9. The van der Waals surface area contributed by atoms with E-state index in [2.05, 4.69) is 5.32 Å². The van der Waals surface area contributed by atoms with Crippen LogP contribution in [0.2, 0.25) is 5.02 Å². The van der Waals surface area contributed by atoms with Crippen LogP contribution in [0.25, 0.3) is 0 Å². The number of hydrogen-bond acceptors (Lipinski definition) is 2. The van der Waals surface area contributed by atoms with Crippen molar-refractivity contribution in [3.05, 3.63) is 64.2 Å².